The molecule has 11 heteroatoms. The fourth-order valence-corrected chi connectivity index (χ4v) is 3.63. The zero-order valence-corrected chi connectivity index (χ0v) is 14.5. The van der Waals surface area contributed by atoms with Gasteiger partial charge >= 0.3 is 0 Å². The van der Waals surface area contributed by atoms with Gasteiger partial charge in [-0.1, -0.05) is 23.2 Å². The predicted octanol–water partition coefficient (Wildman–Crippen LogP) is 1.70. The minimum Gasteiger partial charge on any atom is -0.351 e. The smallest absolute Gasteiger partial charge is 0.262 e. The van der Waals surface area contributed by atoms with Crippen molar-refractivity contribution in [3.63, 3.8) is 0 Å². The first kappa shape index (κ1) is 18.5. The Hall–Kier alpha value is -0.540. The van der Waals surface area contributed by atoms with E-state index in [0.717, 1.165) is 18.4 Å². The SMILES string of the molecule is CS(=O)(=O)CCNC(=O)c1cc(S(=O)(=O)Cl)c(Cl)cc1Cl. The number of halogens is 3. The van der Waals surface area contributed by atoms with Gasteiger partial charge in [-0.2, -0.15) is 0 Å². The summed E-state index contributed by atoms with van der Waals surface area (Å²) >= 11 is 11.5. The molecule has 0 spiro atoms. The molecule has 6 nitrogen and oxygen atoms in total. The van der Waals surface area contributed by atoms with E-state index in [2.05, 4.69) is 5.32 Å². The highest BCUT2D eigenvalue weighted by atomic mass is 35.7. The fourth-order valence-electron chi connectivity index (χ4n) is 1.34. The van der Waals surface area contributed by atoms with Crippen LogP contribution < -0.4 is 5.32 Å². The van der Waals surface area contributed by atoms with E-state index in [1.807, 2.05) is 0 Å². The maximum absolute atomic E-state index is 11.9. The van der Waals surface area contributed by atoms with Crippen LogP contribution in [0, 0.1) is 0 Å². The van der Waals surface area contributed by atoms with Crippen LogP contribution in [-0.4, -0.2) is 41.3 Å². The molecule has 0 saturated carbocycles. The van der Waals surface area contributed by atoms with Gasteiger partial charge in [-0.15, -0.1) is 0 Å². The lowest BCUT2D eigenvalue weighted by Gasteiger charge is -2.09. The highest BCUT2D eigenvalue weighted by Gasteiger charge is 2.20. The first-order valence-corrected chi connectivity index (χ1v) is 10.4. The number of sulfone groups is 1. The van der Waals surface area contributed by atoms with Crippen LogP contribution in [-0.2, 0) is 18.9 Å². The highest BCUT2D eigenvalue weighted by Crippen LogP contribution is 2.30. The monoisotopic (exact) mass is 393 g/mol. The van der Waals surface area contributed by atoms with Crippen LogP contribution >= 0.6 is 33.9 Å². The quantitative estimate of drug-likeness (QED) is 0.767. The number of carbonyl (C=O) groups excluding carboxylic acids is 1. The van der Waals surface area contributed by atoms with Crippen molar-refractivity contribution in [1.29, 1.82) is 0 Å². The predicted molar refractivity (Wildman–Crippen MR) is 81.5 cm³/mol. The number of carbonyl (C=O) groups is 1. The summed E-state index contributed by atoms with van der Waals surface area (Å²) in [6.07, 6.45) is 1.02. The number of amides is 1. The summed E-state index contributed by atoms with van der Waals surface area (Å²) in [5.74, 6) is -0.994. The van der Waals surface area contributed by atoms with Crippen LogP contribution in [0.25, 0.3) is 0 Å². The van der Waals surface area contributed by atoms with E-state index in [1.165, 1.54) is 0 Å². The zero-order valence-electron chi connectivity index (χ0n) is 10.6. The molecule has 0 radical (unpaired) electrons. The molecule has 0 aliphatic carbocycles. The maximum Gasteiger partial charge on any atom is 0.262 e. The fraction of sp³-hybridized carbons (Fsp3) is 0.300. The Bertz CT molecular complexity index is 774. The minimum absolute atomic E-state index is 0.0825. The topological polar surface area (TPSA) is 97.4 Å². The van der Waals surface area contributed by atoms with Gasteiger partial charge in [0.2, 0.25) is 0 Å². The molecular formula is C10H10Cl3NO5S2. The molecule has 0 aliphatic rings. The van der Waals surface area contributed by atoms with Crippen LogP contribution in [0.5, 0.6) is 0 Å². The second-order valence-corrected chi connectivity index (χ2v) is 9.69. The van der Waals surface area contributed by atoms with Crippen LogP contribution in [0.3, 0.4) is 0 Å². The standard InChI is InChI=1S/C10H10Cl3NO5S2/c1-20(16,17)3-2-14-10(15)6-4-9(21(13,18)19)8(12)5-7(6)11/h4-5H,2-3H2,1H3,(H,14,15). The molecule has 1 N–H and O–H groups in total. The van der Waals surface area contributed by atoms with E-state index in [4.69, 9.17) is 33.9 Å². The summed E-state index contributed by atoms with van der Waals surface area (Å²) in [7, 11) is -2.19. The third-order valence-electron chi connectivity index (χ3n) is 2.29. The number of benzene rings is 1. The van der Waals surface area contributed by atoms with Gasteiger partial charge in [0.25, 0.3) is 15.0 Å². The highest BCUT2D eigenvalue weighted by molar-refractivity contribution is 8.13. The van der Waals surface area contributed by atoms with Crippen LogP contribution in [0.2, 0.25) is 10.0 Å². The largest absolute Gasteiger partial charge is 0.351 e. The molecule has 0 saturated heterocycles. The van der Waals surface area contributed by atoms with Gasteiger partial charge in [0, 0.05) is 23.5 Å². The van der Waals surface area contributed by atoms with Crippen molar-refractivity contribution in [2.24, 2.45) is 0 Å². The molecule has 0 aromatic heterocycles. The molecule has 1 amide bonds. The third kappa shape index (κ3) is 5.63. The summed E-state index contributed by atoms with van der Waals surface area (Å²) < 4.78 is 44.5. The molecule has 0 unspecified atom stereocenters. The molecule has 0 aliphatic heterocycles. The molecule has 118 valence electrons. The van der Waals surface area contributed by atoms with E-state index >= 15 is 0 Å². The molecule has 0 fully saturated rings. The average Bonchev–Trinajstić information content (AvgIpc) is 2.24. The Morgan fingerprint density at radius 2 is 1.71 bits per heavy atom. The van der Waals surface area contributed by atoms with Gasteiger partial charge in [-0.05, 0) is 12.1 Å². The maximum atomic E-state index is 11.9. The van der Waals surface area contributed by atoms with E-state index in [-0.39, 0.29) is 27.9 Å². The van der Waals surface area contributed by atoms with Gasteiger partial charge in [0.15, 0.2) is 0 Å². The van der Waals surface area contributed by atoms with Crippen LogP contribution in [0.1, 0.15) is 10.4 Å². The van der Waals surface area contributed by atoms with E-state index in [1.54, 1.807) is 0 Å². The summed E-state index contributed by atoms with van der Waals surface area (Å²) in [5.41, 5.74) is -0.172. The van der Waals surface area contributed by atoms with Gasteiger partial charge in [0.1, 0.15) is 14.7 Å². The lowest BCUT2D eigenvalue weighted by Crippen LogP contribution is -2.29. The molecule has 1 rings (SSSR count). The molecule has 21 heavy (non-hydrogen) atoms. The molecule has 1 aromatic carbocycles. The van der Waals surface area contributed by atoms with Crippen molar-refractivity contribution in [1.82, 2.24) is 5.32 Å². The summed E-state index contributed by atoms with van der Waals surface area (Å²) in [5, 5.41) is 2.01. The normalized spacial score (nSPS) is 12.2. The first-order valence-electron chi connectivity index (χ1n) is 5.31. The van der Waals surface area contributed by atoms with Crippen LogP contribution in [0.15, 0.2) is 17.0 Å². The molecule has 0 atom stereocenters. The van der Waals surface area contributed by atoms with Gasteiger partial charge in [0.05, 0.1) is 21.4 Å². The number of nitrogens with one attached hydrogen (secondary N) is 1. The Labute approximate surface area is 136 Å². The van der Waals surface area contributed by atoms with E-state index in [9.17, 15) is 21.6 Å². The van der Waals surface area contributed by atoms with Crippen molar-refractivity contribution < 1.29 is 21.6 Å². The Kier molecular flexibility index (Phi) is 5.91. The Morgan fingerprint density at radius 3 is 2.19 bits per heavy atom. The summed E-state index contributed by atoms with van der Waals surface area (Å²) in [6.45, 7) is -0.139. The number of hydrogen-bond acceptors (Lipinski definition) is 5. The molecule has 0 bridgehead atoms. The van der Waals surface area contributed by atoms with Crippen molar-refractivity contribution in [3.8, 4) is 0 Å². The van der Waals surface area contributed by atoms with Crippen LogP contribution in [0.4, 0.5) is 0 Å². The molecular weight excluding hydrogens is 385 g/mol. The number of hydrogen-bond donors (Lipinski definition) is 1. The second kappa shape index (κ2) is 6.70. The number of rotatable bonds is 5. The minimum atomic E-state index is -4.14. The van der Waals surface area contributed by atoms with E-state index in [0.29, 0.717) is 0 Å². The van der Waals surface area contributed by atoms with Crippen molar-refractivity contribution in [2.75, 3.05) is 18.6 Å². The zero-order chi connectivity index (χ0) is 16.4. The van der Waals surface area contributed by atoms with E-state index < -0.39 is 29.7 Å². The van der Waals surface area contributed by atoms with Crippen molar-refractivity contribution >= 4 is 58.7 Å². The lowest BCUT2D eigenvalue weighted by molar-refractivity contribution is 0.0956. The van der Waals surface area contributed by atoms with Crippen molar-refractivity contribution in [3.05, 3.63) is 27.7 Å². The van der Waals surface area contributed by atoms with Crippen molar-refractivity contribution in [2.45, 2.75) is 4.90 Å². The second-order valence-electron chi connectivity index (χ2n) is 4.09. The summed E-state index contributed by atoms with van der Waals surface area (Å²) in [6, 6.07) is 2.01. The Morgan fingerprint density at radius 1 is 1.14 bits per heavy atom. The average molecular weight is 395 g/mol. The third-order valence-corrected chi connectivity index (χ3v) is 5.33. The molecule has 0 heterocycles. The van der Waals surface area contributed by atoms with Gasteiger partial charge in [-0.3, -0.25) is 4.79 Å². The van der Waals surface area contributed by atoms with Gasteiger partial charge < -0.3 is 5.32 Å². The first-order chi connectivity index (χ1) is 9.42. The van der Waals surface area contributed by atoms with Gasteiger partial charge in [-0.25, -0.2) is 16.8 Å². The lowest BCUT2D eigenvalue weighted by atomic mass is 10.2. The molecule has 1 aromatic rings. The summed E-state index contributed by atoms with van der Waals surface area (Å²) in [4.78, 5) is 11.4. The Balaban J connectivity index is 3.05.